The molecule has 1 atom stereocenters. The summed E-state index contributed by atoms with van der Waals surface area (Å²) in [6, 6.07) is 0.296. The number of unbranched alkanes of at least 4 members (excludes halogenated alkanes) is 11. The Morgan fingerprint density at radius 1 is 0.727 bits per heavy atom. The van der Waals surface area contributed by atoms with Crippen molar-refractivity contribution >= 4 is 0 Å². The third-order valence-electron chi connectivity index (χ3n) is 4.49. The number of hydroxylamine groups is 1. The van der Waals surface area contributed by atoms with Crippen molar-refractivity contribution in [2.45, 2.75) is 116 Å². The van der Waals surface area contributed by atoms with Crippen molar-refractivity contribution in [1.29, 1.82) is 0 Å². The third-order valence-corrected chi connectivity index (χ3v) is 4.49. The Bertz CT molecular complexity index is 224. The van der Waals surface area contributed by atoms with Crippen LogP contribution in [0.2, 0.25) is 0 Å². The van der Waals surface area contributed by atoms with E-state index >= 15 is 0 Å². The summed E-state index contributed by atoms with van der Waals surface area (Å²) in [6.07, 6.45) is 24.4. The first-order chi connectivity index (χ1) is 10.8. The highest BCUT2D eigenvalue weighted by molar-refractivity contribution is 4.81. The molecule has 0 heterocycles. The predicted molar refractivity (Wildman–Crippen MR) is 98.5 cm³/mol. The summed E-state index contributed by atoms with van der Waals surface area (Å²) in [7, 11) is 0. The quantitative estimate of drug-likeness (QED) is 0.176. The molecule has 0 bridgehead atoms. The van der Waals surface area contributed by atoms with Gasteiger partial charge in [0.05, 0.1) is 0 Å². The molecule has 0 aromatic carbocycles. The Morgan fingerprint density at radius 2 is 1.23 bits per heavy atom. The molecule has 0 fully saturated rings. The molecule has 0 spiro atoms. The molecule has 22 heavy (non-hydrogen) atoms. The molecule has 2 N–H and O–H groups in total. The summed E-state index contributed by atoms with van der Waals surface area (Å²) in [5, 5.41) is 8.88. The molecular formula is C20H41NO. The second-order valence-corrected chi connectivity index (χ2v) is 6.61. The van der Waals surface area contributed by atoms with E-state index in [0.717, 1.165) is 12.8 Å². The van der Waals surface area contributed by atoms with Crippen molar-refractivity contribution in [3.8, 4) is 0 Å². The van der Waals surface area contributed by atoms with Crippen LogP contribution in [0, 0.1) is 0 Å². The molecule has 0 aliphatic heterocycles. The van der Waals surface area contributed by atoms with Gasteiger partial charge in [0, 0.05) is 6.04 Å². The number of hydrogen-bond acceptors (Lipinski definition) is 2. The highest BCUT2D eigenvalue weighted by Gasteiger charge is 2.02. The van der Waals surface area contributed by atoms with Gasteiger partial charge in [-0.2, -0.15) is 0 Å². The molecule has 132 valence electrons. The maximum absolute atomic E-state index is 8.88. The van der Waals surface area contributed by atoms with Gasteiger partial charge in [-0.3, -0.25) is 0 Å². The van der Waals surface area contributed by atoms with Crippen molar-refractivity contribution in [3.63, 3.8) is 0 Å². The van der Waals surface area contributed by atoms with Crippen LogP contribution < -0.4 is 5.48 Å². The zero-order valence-electron chi connectivity index (χ0n) is 15.3. The SMILES string of the molecule is CCCCCCCC/C=C\CCCCCCCC(CC)NO. The van der Waals surface area contributed by atoms with Crippen LogP contribution in [0.25, 0.3) is 0 Å². The second-order valence-electron chi connectivity index (χ2n) is 6.61. The fourth-order valence-electron chi connectivity index (χ4n) is 2.82. The summed E-state index contributed by atoms with van der Waals surface area (Å²) in [4.78, 5) is 0. The van der Waals surface area contributed by atoms with Crippen LogP contribution in [0.5, 0.6) is 0 Å². The molecule has 0 radical (unpaired) electrons. The number of rotatable bonds is 17. The molecule has 0 aliphatic carbocycles. The minimum atomic E-state index is 0.296. The highest BCUT2D eigenvalue weighted by Crippen LogP contribution is 2.11. The van der Waals surface area contributed by atoms with Gasteiger partial charge in [-0.1, -0.05) is 83.8 Å². The number of nitrogens with one attached hydrogen (secondary N) is 1. The summed E-state index contributed by atoms with van der Waals surface area (Å²) < 4.78 is 0. The van der Waals surface area contributed by atoms with Crippen molar-refractivity contribution in [3.05, 3.63) is 12.2 Å². The summed E-state index contributed by atoms with van der Waals surface area (Å²) in [5.41, 5.74) is 2.39. The summed E-state index contributed by atoms with van der Waals surface area (Å²) in [5.74, 6) is 0. The lowest BCUT2D eigenvalue weighted by molar-refractivity contribution is 0.118. The van der Waals surface area contributed by atoms with E-state index in [4.69, 9.17) is 5.21 Å². The Kier molecular flexibility index (Phi) is 18.4. The van der Waals surface area contributed by atoms with Gasteiger partial charge >= 0.3 is 0 Å². The average molecular weight is 312 g/mol. The highest BCUT2D eigenvalue weighted by atomic mass is 16.5. The number of hydrogen-bond donors (Lipinski definition) is 2. The maximum Gasteiger partial charge on any atom is 0.0317 e. The zero-order chi connectivity index (χ0) is 16.3. The monoisotopic (exact) mass is 311 g/mol. The molecule has 0 saturated heterocycles. The van der Waals surface area contributed by atoms with Gasteiger partial charge < -0.3 is 5.21 Å². The molecule has 2 nitrogen and oxygen atoms in total. The van der Waals surface area contributed by atoms with Gasteiger partial charge in [0.25, 0.3) is 0 Å². The minimum Gasteiger partial charge on any atom is -0.317 e. The van der Waals surface area contributed by atoms with E-state index in [-0.39, 0.29) is 0 Å². The van der Waals surface area contributed by atoms with Gasteiger partial charge in [0.15, 0.2) is 0 Å². The topological polar surface area (TPSA) is 32.3 Å². The molecule has 0 rings (SSSR count). The number of allylic oxidation sites excluding steroid dienone is 2. The van der Waals surface area contributed by atoms with Gasteiger partial charge in [-0.15, -0.1) is 0 Å². The Hall–Kier alpha value is -0.340. The summed E-state index contributed by atoms with van der Waals surface area (Å²) >= 11 is 0. The standard InChI is InChI=1S/C20H41NO/c1-3-5-6-7-8-9-10-11-12-13-14-15-16-17-18-19-20(4-2)21-22/h11-12,20-22H,3-10,13-19H2,1-2H3/b12-11-. The lowest BCUT2D eigenvalue weighted by Crippen LogP contribution is -2.24. The van der Waals surface area contributed by atoms with E-state index in [1.165, 1.54) is 83.5 Å². The average Bonchev–Trinajstić information content (AvgIpc) is 2.55. The Morgan fingerprint density at radius 3 is 1.73 bits per heavy atom. The fraction of sp³-hybridized carbons (Fsp3) is 0.900. The molecule has 1 unspecified atom stereocenters. The lowest BCUT2D eigenvalue weighted by atomic mass is 10.0. The largest absolute Gasteiger partial charge is 0.317 e. The van der Waals surface area contributed by atoms with Crippen LogP contribution >= 0.6 is 0 Å². The van der Waals surface area contributed by atoms with E-state index in [9.17, 15) is 0 Å². The molecule has 0 amide bonds. The van der Waals surface area contributed by atoms with Gasteiger partial charge in [0.2, 0.25) is 0 Å². The smallest absolute Gasteiger partial charge is 0.0317 e. The lowest BCUT2D eigenvalue weighted by Gasteiger charge is -2.11. The van der Waals surface area contributed by atoms with Crippen molar-refractivity contribution in [1.82, 2.24) is 5.48 Å². The summed E-state index contributed by atoms with van der Waals surface area (Å²) in [6.45, 7) is 4.39. The first-order valence-electron chi connectivity index (χ1n) is 9.89. The van der Waals surface area contributed by atoms with Gasteiger partial charge in [-0.25, -0.2) is 5.48 Å². The van der Waals surface area contributed by atoms with Gasteiger partial charge in [-0.05, 0) is 38.5 Å². The van der Waals surface area contributed by atoms with Crippen LogP contribution in [-0.2, 0) is 0 Å². The third kappa shape index (κ3) is 16.0. The van der Waals surface area contributed by atoms with Crippen molar-refractivity contribution in [2.24, 2.45) is 0 Å². The van der Waals surface area contributed by atoms with Crippen molar-refractivity contribution < 1.29 is 5.21 Å². The van der Waals surface area contributed by atoms with E-state index < -0.39 is 0 Å². The normalized spacial score (nSPS) is 13.0. The van der Waals surface area contributed by atoms with Crippen LogP contribution in [0.3, 0.4) is 0 Å². The Labute approximate surface area is 139 Å². The van der Waals surface area contributed by atoms with Crippen LogP contribution in [-0.4, -0.2) is 11.2 Å². The van der Waals surface area contributed by atoms with E-state index in [1.54, 1.807) is 0 Å². The van der Waals surface area contributed by atoms with Gasteiger partial charge in [0.1, 0.15) is 0 Å². The minimum absolute atomic E-state index is 0.296. The Balaban J connectivity index is 3.14. The van der Waals surface area contributed by atoms with Crippen molar-refractivity contribution in [2.75, 3.05) is 0 Å². The van der Waals surface area contributed by atoms with E-state index in [1.807, 2.05) is 0 Å². The van der Waals surface area contributed by atoms with E-state index in [2.05, 4.69) is 31.5 Å². The molecular weight excluding hydrogens is 270 g/mol. The molecule has 0 aromatic rings. The van der Waals surface area contributed by atoms with Crippen LogP contribution in [0.15, 0.2) is 12.2 Å². The first kappa shape index (κ1) is 21.7. The maximum atomic E-state index is 8.88. The predicted octanol–water partition coefficient (Wildman–Crippen LogP) is 6.78. The molecule has 2 heteroatoms. The molecule has 0 aromatic heterocycles. The zero-order valence-corrected chi connectivity index (χ0v) is 15.3. The van der Waals surface area contributed by atoms with Crippen LogP contribution in [0.1, 0.15) is 110 Å². The molecule has 0 saturated carbocycles. The fourth-order valence-corrected chi connectivity index (χ4v) is 2.82. The second kappa shape index (κ2) is 18.7. The first-order valence-corrected chi connectivity index (χ1v) is 9.89. The van der Waals surface area contributed by atoms with E-state index in [0.29, 0.717) is 6.04 Å². The van der Waals surface area contributed by atoms with Crippen LogP contribution in [0.4, 0.5) is 0 Å². The molecule has 0 aliphatic rings.